The van der Waals surface area contributed by atoms with Crippen LogP contribution in [0.25, 0.3) is 0 Å². The summed E-state index contributed by atoms with van der Waals surface area (Å²) in [5, 5.41) is 22.7. The molecule has 6 nitrogen and oxygen atoms in total. The molecule has 0 aliphatic heterocycles. The Kier molecular flexibility index (Phi) is 4.78. The lowest BCUT2D eigenvalue weighted by atomic mass is 10.2. The predicted molar refractivity (Wildman–Crippen MR) is 89.6 cm³/mol. The van der Waals surface area contributed by atoms with Crippen LogP contribution in [0.1, 0.15) is 10.4 Å². The number of amides is 1. The van der Waals surface area contributed by atoms with Crippen molar-refractivity contribution in [1.29, 1.82) is 0 Å². The van der Waals surface area contributed by atoms with Gasteiger partial charge in [-0.25, -0.2) is 0 Å². The van der Waals surface area contributed by atoms with Crippen LogP contribution in [0.3, 0.4) is 0 Å². The van der Waals surface area contributed by atoms with Gasteiger partial charge < -0.3 is 10.4 Å². The molecule has 2 aromatic rings. The Morgan fingerprint density at radius 2 is 2.00 bits per heavy atom. The molecule has 21 heavy (non-hydrogen) atoms. The maximum atomic E-state index is 12.2. The Morgan fingerprint density at radius 1 is 1.29 bits per heavy atom. The first-order valence-corrected chi connectivity index (χ1v) is 7.49. The molecular weight excluding hydrogens is 455 g/mol. The highest BCUT2D eigenvalue weighted by molar-refractivity contribution is 14.1. The number of anilines is 1. The van der Waals surface area contributed by atoms with Crippen LogP contribution in [0, 0.1) is 13.7 Å². The third kappa shape index (κ3) is 3.70. The van der Waals surface area contributed by atoms with Crippen molar-refractivity contribution in [3.63, 3.8) is 0 Å². The van der Waals surface area contributed by atoms with Gasteiger partial charge in [0.25, 0.3) is 11.6 Å². The first-order valence-electron chi connectivity index (χ1n) is 5.62. The van der Waals surface area contributed by atoms with E-state index in [4.69, 9.17) is 0 Å². The lowest BCUT2D eigenvalue weighted by Crippen LogP contribution is -2.14. The van der Waals surface area contributed by atoms with Gasteiger partial charge in [-0.2, -0.15) is 0 Å². The van der Waals surface area contributed by atoms with Crippen LogP contribution in [0.2, 0.25) is 0 Å². The summed E-state index contributed by atoms with van der Waals surface area (Å²) in [4.78, 5) is 22.5. The fourth-order valence-electron chi connectivity index (χ4n) is 1.64. The first kappa shape index (κ1) is 15.7. The van der Waals surface area contributed by atoms with Gasteiger partial charge >= 0.3 is 0 Å². The molecule has 0 spiro atoms. The van der Waals surface area contributed by atoms with E-state index in [1.54, 1.807) is 12.1 Å². The predicted octanol–water partition coefficient (Wildman–Crippen LogP) is 3.92. The van der Waals surface area contributed by atoms with Gasteiger partial charge in [-0.15, -0.1) is 0 Å². The fraction of sp³-hybridized carbons (Fsp3) is 0. The molecule has 0 saturated heterocycles. The van der Waals surface area contributed by atoms with Gasteiger partial charge in [0, 0.05) is 8.04 Å². The lowest BCUT2D eigenvalue weighted by molar-refractivity contribution is -0.384. The Balaban J connectivity index is 2.36. The van der Waals surface area contributed by atoms with Crippen LogP contribution in [0.4, 0.5) is 11.4 Å². The van der Waals surface area contributed by atoms with Gasteiger partial charge in [0.05, 0.1) is 16.6 Å². The number of nitro benzene ring substituents is 1. The third-order valence-electron chi connectivity index (χ3n) is 2.60. The average molecular weight is 463 g/mol. The Labute approximate surface area is 141 Å². The summed E-state index contributed by atoms with van der Waals surface area (Å²) in [6.07, 6.45) is 0. The molecule has 0 atom stereocenters. The average Bonchev–Trinajstić information content (AvgIpc) is 2.43. The number of benzene rings is 2. The molecule has 0 heterocycles. The van der Waals surface area contributed by atoms with Crippen LogP contribution in [-0.4, -0.2) is 15.9 Å². The minimum absolute atomic E-state index is 0.0218. The van der Waals surface area contributed by atoms with Gasteiger partial charge in [0.15, 0.2) is 0 Å². The van der Waals surface area contributed by atoms with E-state index in [1.165, 1.54) is 12.1 Å². The molecule has 2 N–H and O–H groups in total. The molecule has 0 aromatic heterocycles. The molecule has 0 fully saturated rings. The second-order valence-electron chi connectivity index (χ2n) is 4.04. The van der Waals surface area contributed by atoms with E-state index in [0.29, 0.717) is 10.0 Å². The number of hydrogen-bond acceptors (Lipinski definition) is 4. The van der Waals surface area contributed by atoms with Crippen LogP contribution < -0.4 is 5.32 Å². The van der Waals surface area contributed by atoms with E-state index in [0.717, 1.165) is 9.64 Å². The number of aromatic hydroxyl groups is 1. The van der Waals surface area contributed by atoms with Crippen molar-refractivity contribution in [2.24, 2.45) is 0 Å². The highest BCUT2D eigenvalue weighted by Gasteiger charge is 2.18. The summed E-state index contributed by atoms with van der Waals surface area (Å²) >= 11 is 5.33. The van der Waals surface area contributed by atoms with Gasteiger partial charge in [0.1, 0.15) is 11.4 Å². The number of rotatable bonds is 3. The van der Waals surface area contributed by atoms with Crippen LogP contribution in [-0.2, 0) is 0 Å². The van der Waals surface area contributed by atoms with Crippen molar-refractivity contribution >= 4 is 55.8 Å². The third-order valence-corrected chi connectivity index (χ3v) is 3.96. The molecular formula is C13H8BrIN2O4. The molecule has 0 aliphatic carbocycles. The molecule has 2 aromatic carbocycles. The number of carbonyl (C=O) groups excluding carboxylic acids is 1. The van der Waals surface area contributed by atoms with Crippen LogP contribution in [0.15, 0.2) is 40.9 Å². The summed E-state index contributed by atoms with van der Waals surface area (Å²) < 4.78 is 1.45. The fourth-order valence-corrected chi connectivity index (χ4v) is 2.56. The summed E-state index contributed by atoms with van der Waals surface area (Å²) in [5.41, 5.74) is 0.0166. The lowest BCUT2D eigenvalue weighted by Gasteiger charge is -2.08. The molecule has 108 valence electrons. The van der Waals surface area contributed by atoms with Gasteiger partial charge in [0.2, 0.25) is 0 Å². The number of nitro groups is 1. The van der Waals surface area contributed by atoms with Crippen molar-refractivity contribution in [2.45, 2.75) is 0 Å². The second-order valence-corrected chi connectivity index (χ2v) is 6.14. The topological polar surface area (TPSA) is 92.5 Å². The Hall–Kier alpha value is -1.68. The molecule has 0 radical (unpaired) electrons. The van der Waals surface area contributed by atoms with E-state index in [9.17, 15) is 20.0 Å². The SMILES string of the molecule is O=C(Nc1ccc(O)cc1[N+](=O)[O-])c1cc(I)ccc1Br. The molecule has 0 aliphatic rings. The minimum atomic E-state index is -0.668. The second kappa shape index (κ2) is 6.39. The summed E-state index contributed by atoms with van der Waals surface area (Å²) in [7, 11) is 0. The highest BCUT2D eigenvalue weighted by Crippen LogP contribution is 2.29. The summed E-state index contributed by atoms with van der Waals surface area (Å²) in [6.45, 7) is 0. The van der Waals surface area contributed by atoms with E-state index in [2.05, 4.69) is 43.8 Å². The smallest absolute Gasteiger partial charge is 0.296 e. The maximum Gasteiger partial charge on any atom is 0.296 e. The zero-order valence-corrected chi connectivity index (χ0v) is 14.1. The first-order chi connectivity index (χ1) is 9.88. The van der Waals surface area contributed by atoms with E-state index < -0.39 is 10.8 Å². The van der Waals surface area contributed by atoms with Gasteiger partial charge in [-0.05, 0) is 68.9 Å². The van der Waals surface area contributed by atoms with Crippen LogP contribution in [0.5, 0.6) is 5.75 Å². The van der Waals surface area contributed by atoms with Crippen LogP contribution >= 0.6 is 38.5 Å². The monoisotopic (exact) mass is 462 g/mol. The summed E-state index contributed by atoms with van der Waals surface area (Å²) in [6, 6.07) is 8.75. The Bertz CT molecular complexity index is 736. The zero-order chi connectivity index (χ0) is 15.6. The highest BCUT2D eigenvalue weighted by atomic mass is 127. The molecule has 2 rings (SSSR count). The number of phenols is 1. The molecule has 1 amide bonds. The number of halogens is 2. The van der Waals surface area contributed by atoms with Crippen molar-refractivity contribution < 1.29 is 14.8 Å². The van der Waals surface area contributed by atoms with E-state index >= 15 is 0 Å². The van der Waals surface area contributed by atoms with E-state index in [-0.39, 0.29) is 17.1 Å². The van der Waals surface area contributed by atoms with E-state index in [1.807, 2.05) is 6.07 Å². The standard InChI is InChI=1S/C13H8BrIN2O4/c14-10-3-1-7(15)5-9(10)13(19)16-11-4-2-8(18)6-12(11)17(20)21/h1-6,18H,(H,16,19). The van der Waals surface area contributed by atoms with Crippen molar-refractivity contribution in [2.75, 3.05) is 5.32 Å². The normalized spacial score (nSPS) is 10.2. The number of nitrogens with one attached hydrogen (secondary N) is 1. The minimum Gasteiger partial charge on any atom is -0.508 e. The molecule has 0 unspecified atom stereocenters. The van der Waals surface area contributed by atoms with Crippen molar-refractivity contribution in [3.05, 3.63) is 60.1 Å². The maximum absolute atomic E-state index is 12.2. The Morgan fingerprint density at radius 3 is 2.67 bits per heavy atom. The molecule has 0 bridgehead atoms. The number of carbonyl (C=O) groups is 1. The zero-order valence-electron chi connectivity index (χ0n) is 10.3. The van der Waals surface area contributed by atoms with Crippen molar-refractivity contribution in [3.8, 4) is 5.75 Å². The number of nitrogens with zero attached hydrogens (tertiary/aromatic N) is 1. The number of phenolic OH excluding ortho intramolecular Hbond substituents is 1. The molecule has 0 saturated carbocycles. The van der Waals surface area contributed by atoms with Gasteiger partial charge in [-0.1, -0.05) is 0 Å². The quantitative estimate of drug-likeness (QED) is 0.313. The largest absolute Gasteiger partial charge is 0.508 e. The molecule has 8 heteroatoms. The number of hydrogen-bond donors (Lipinski definition) is 2. The van der Waals surface area contributed by atoms with Gasteiger partial charge in [-0.3, -0.25) is 14.9 Å². The van der Waals surface area contributed by atoms with Crippen molar-refractivity contribution in [1.82, 2.24) is 0 Å². The summed E-state index contributed by atoms with van der Waals surface area (Å²) in [5.74, 6) is -0.718.